The van der Waals surface area contributed by atoms with Crippen molar-refractivity contribution in [3.63, 3.8) is 0 Å². The third-order valence-electron chi connectivity index (χ3n) is 10.7. The molecule has 3 fully saturated rings. The summed E-state index contributed by atoms with van der Waals surface area (Å²) >= 11 is 0. The first-order chi connectivity index (χ1) is 23.7. The van der Waals surface area contributed by atoms with E-state index in [4.69, 9.17) is 23.7 Å². The SMILES string of the molecule is CC(=O)O[C@@H]1[C@H](OC(=O)/C=C/c2ccccc2)[C@@]2(C)[C@@H](OC(=O)c3ccccc3)CC3CC2(OC3(C)C)[C@@](C)(O)[C@H]1OC(=O)c1cccnc1. The molecule has 262 valence electrons. The molecule has 1 N–H and O–H groups in total. The topological polar surface area (TPSA) is 148 Å². The lowest BCUT2D eigenvalue weighted by molar-refractivity contribution is -0.351. The van der Waals surface area contributed by atoms with Gasteiger partial charge in [0.15, 0.2) is 18.3 Å². The summed E-state index contributed by atoms with van der Waals surface area (Å²) in [7, 11) is 0. The Kier molecular flexibility index (Phi) is 9.17. The first kappa shape index (κ1) is 35.0. The summed E-state index contributed by atoms with van der Waals surface area (Å²) in [6.45, 7) is 8.08. The number of nitrogens with zero attached hydrogens (tertiary/aromatic N) is 1. The standard InChI is InChI=1S/C39H41NO10/c1-24(41)46-31-32(48-30(42)19-18-25-13-8-6-9-14-25)37(4)29(47-34(43)26-15-10-7-11-16-26)21-28-22-39(37,50-36(28,2)3)38(5,45)33(31)49-35(44)27-17-12-20-40-23-27/h6-20,23,28-29,31-33,45H,21-22H2,1-5H3/b19-18+/t28?,29-,31+,32-,33-,37+,38-,39?/m0/s1. The van der Waals surface area contributed by atoms with Crippen LogP contribution < -0.4 is 0 Å². The highest BCUT2D eigenvalue weighted by atomic mass is 16.6. The van der Waals surface area contributed by atoms with E-state index < -0.39 is 70.5 Å². The van der Waals surface area contributed by atoms with Crippen LogP contribution in [0.2, 0.25) is 0 Å². The van der Waals surface area contributed by atoms with Crippen LogP contribution in [0.15, 0.2) is 91.3 Å². The average Bonchev–Trinajstić information content (AvgIpc) is 3.35. The van der Waals surface area contributed by atoms with Crippen molar-refractivity contribution in [1.29, 1.82) is 0 Å². The molecule has 1 saturated heterocycles. The third kappa shape index (κ3) is 5.98. The van der Waals surface area contributed by atoms with Gasteiger partial charge in [0.2, 0.25) is 0 Å². The Morgan fingerprint density at radius 1 is 0.820 bits per heavy atom. The summed E-state index contributed by atoms with van der Waals surface area (Å²) in [6.07, 6.45) is 0.461. The number of pyridine rings is 1. The van der Waals surface area contributed by atoms with Gasteiger partial charge in [-0.2, -0.15) is 0 Å². The van der Waals surface area contributed by atoms with E-state index in [2.05, 4.69) is 4.98 Å². The fourth-order valence-corrected chi connectivity index (χ4v) is 8.13. The highest BCUT2D eigenvalue weighted by Crippen LogP contribution is 2.68. The van der Waals surface area contributed by atoms with E-state index in [0.717, 1.165) is 12.5 Å². The maximum atomic E-state index is 13.7. The number of ether oxygens (including phenoxy) is 5. The summed E-state index contributed by atoms with van der Waals surface area (Å²) in [5, 5.41) is 12.9. The molecular formula is C39H41NO10. The molecule has 1 aliphatic heterocycles. The van der Waals surface area contributed by atoms with Crippen LogP contribution in [0.3, 0.4) is 0 Å². The highest BCUT2D eigenvalue weighted by Gasteiger charge is 2.82. The van der Waals surface area contributed by atoms with Crippen LogP contribution in [-0.2, 0) is 33.3 Å². The minimum atomic E-state index is -2.09. The number of rotatable bonds is 8. The van der Waals surface area contributed by atoms with Crippen molar-refractivity contribution in [1.82, 2.24) is 4.98 Å². The summed E-state index contributed by atoms with van der Waals surface area (Å²) in [5.74, 6) is -3.32. The Bertz CT molecular complexity index is 1780. The second-order valence-corrected chi connectivity index (χ2v) is 14.1. The largest absolute Gasteiger partial charge is 0.458 e. The average molecular weight is 684 g/mol. The molecule has 2 heterocycles. The van der Waals surface area contributed by atoms with E-state index in [0.29, 0.717) is 5.56 Å². The molecule has 11 heteroatoms. The van der Waals surface area contributed by atoms with Gasteiger partial charge in [-0.05, 0) is 82.4 Å². The van der Waals surface area contributed by atoms with Crippen molar-refractivity contribution in [2.24, 2.45) is 11.3 Å². The van der Waals surface area contributed by atoms with Gasteiger partial charge in [0, 0.05) is 25.4 Å². The zero-order valence-electron chi connectivity index (χ0n) is 28.6. The monoisotopic (exact) mass is 683 g/mol. The van der Waals surface area contributed by atoms with Gasteiger partial charge in [0.1, 0.15) is 17.3 Å². The highest BCUT2D eigenvalue weighted by molar-refractivity contribution is 5.90. The molecule has 2 unspecified atom stereocenters. The summed E-state index contributed by atoms with van der Waals surface area (Å²) in [6, 6.07) is 20.6. The lowest BCUT2D eigenvalue weighted by Gasteiger charge is -2.65. The van der Waals surface area contributed by atoms with Crippen LogP contribution in [0.4, 0.5) is 0 Å². The number of carbonyl (C=O) groups is 4. The maximum Gasteiger partial charge on any atom is 0.340 e. The van der Waals surface area contributed by atoms with Gasteiger partial charge in [0.25, 0.3) is 0 Å². The fourth-order valence-electron chi connectivity index (χ4n) is 8.13. The molecule has 3 aromatic rings. The predicted octanol–water partition coefficient (Wildman–Crippen LogP) is 5.12. The summed E-state index contributed by atoms with van der Waals surface area (Å²) < 4.78 is 31.4. The zero-order chi connectivity index (χ0) is 35.9. The third-order valence-corrected chi connectivity index (χ3v) is 10.7. The van der Waals surface area contributed by atoms with Crippen LogP contribution in [0.1, 0.15) is 73.7 Å². The Morgan fingerprint density at radius 2 is 1.46 bits per heavy atom. The molecule has 0 amide bonds. The number of benzene rings is 2. The van der Waals surface area contributed by atoms with Gasteiger partial charge in [-0.1, -0.05) is 48.5 Å². The van der Waals surface area contributed by atoms with Crippen molar-refractivity contribution in [3.05, 3.63) is 108 Å². The quantitative estimate of drug-likeness (QED) is 0.192. The lowest BCUT2D eigenvalue weighted by atomic mass is 9.47. The molecule has 3 aliphatic rings. The van der Waals surface area contributed by atoms with Crippen LogP contribution in [0.5, 0.6) is 0 Å². The number of fused-ring (bicyclic) bond motifs is 1. The van der Waals surface area contributed by atoms with E-state index in [1.165, 1.54) is 31.5 Å². The van der Waals surface area contributed by atoms with Crippen LogP contribution in [-0.4, -0.2) is 75.2 Å². The van der Waals surface area contributed by atoms with Crippen molar-refractivity contribution >= 4 is 30.0 Å². The Balaban J connectivity index is 1.51. The molecule has 0 radical (unpaired) electrons. The number of carbonyl (C=O) groups excluding carboxylic acids is 4. The Hall–Kier alpha value is -4.87. The summed E-state index contributed by atoms with van der Waals surface area (Å²) in [5.41, 5.74) is -5.06. The van der Waals surface area contributed by atoms with Gasteiger partial charge in [-0.15, -0.1) is 0 Å². The maximum absolute atomic E-state index is 13.7. The van der Waals surface area contributed by atoms with E-state index in [1.54, 1.807) is 49.4 Å². The first-order valence-corrected chi connectivity index (χ1v) is 16.6. The molecular weight excluding hydrogens is 642 g/mol. The number of aliphatic hydroxyl groups is 1. The molecule has 1 spiro atoms. The predicted molar refractivity (Wildman–Crippen MR) is 179 cm³/mol. The molecule has 2 aliphatic carbocycles. The van der Waals surface area contributed by atoms with Gasteiger partial charge < -0.3 is 28.8 Å². The molecule has 2 bridgehead atoms. The molecule has 2 aromatic carbocycles. The Morgan fingerprint density at radius 3 is 2.10 bits per heavy atom. The van der Waals surface area contributed by atoms with E-state index >= 15 is 0 Å². The number of hydrogen-bond acceptors (Lipinski definition) is 11. The van der Waals surface area contributed by atoms with Crippen LogP contribution in [0, 0.1) is 11.3 Å². The molecule has 11 nitrogen and oxygen atoms in total. The second kappa shape index (κ2) is 13.1. The van der Waals surface area contributed by atoms with Crippen LogP contribution in [0.25, 0.3) is 6.08 Å². The molecule has 2 saturated carbocycles. The minimum Gasteiger partial charge on any atom is -0.458 e. The van der Waals surface area contributed by atoms with Crippen molar-refractivity contribution in [2.45, 2.75) is 88.7 Å². The molecule has 1 aromatic heterocycles. The van der Waals surface area contributed by atoms with Crippen molar-refractivity contribution < 1.29 is 48.0 Å². The number of hydrogen-bond donors (Lipinski definition) is 1. The molecule has 6 rings (SSSR count). The minimum absolute atomic E-state index is 0.0823. The van der Waals surface area contributed by atoms with Crippen LogP contribution >= 0.6 is 0 Å². The normalized spacial score (nSPS) is 32.4. The van der Waals surface area contributed by atoms with Gasteiger partial charge in [0.05, 0.1) is 22.1 Å². The first-order valence-electron chi connectivity index (χ1n) is 16.6. The Labute approximate surface area is 290 Å². The van der Waals surface area contributed by atoms with Crippen molar-refractivity contribution in [3.8, 4) is 0 Å². The zero-order valence-corrected chi connectivity index (χ0v) is 28.6. The van der Waals surface area contributed by atoms with E-state index in [9.17, 15) is 24.3 Å². The van der Waals surface area contributed by atoms with Gasteiger partial charge in [-0.3, -0.25) is 9.78 Å². The smallest absolute Gasteiger partial charge is 0.340 e. The van der Waals surface area contributed by atoms with E-state index in [1.807, 2.05) is 44.2 Å². The molecule has 8 atom stereocenters. The number of esters is 4. The summed E-state index contributed by atoms with van der Waals surface area (Å²) in [4.78, 5) is 57.9. The lowest BCUT2D eigenvalue weighted by Crippen LogP contribution is -2.82. The van der Waals surface area contributed by atoms with Gasteiger partial charge in [-0.25, -0.2) is 14.4 Å². The number of aromatic nitrogens is 1. The molecule has 50 heavy (non-hydrogen) atoms. The van der Waals surface area contributed by atoms with Gasteiger partial charge >= 0.3 is 23.9 Å². The van der Waals surface area contributed by atoms with E-state index in [-0.39, 0.29) is 24.3 Å². The fraction of sp³-hybridized carbons (Fsp3) is 0.410. The second-order valence-electron chi connectivity index (χ2n) is 14.1. The van der Waals surface area contributed by atoms with Crippen molar-refractivity contribution in [2.75, 3.05) is 0 Å².